The molecule has 3 aromatic heterocycles. The van der Waals surface area contributed by atoms with Gasteiger partial charge < -0.3 is 10.6 Å². The van der Waals surface area contributed by atoms with Gasteiger partial charge in [0.05, 0.1) is 11.1 Å². The van der Waals surface area contributed by atoms with Crippen molar-refractivity contribution in [2.45, 2.75) is 6.92 Å². The highest BCUT2D eigenvalue weighted by atomic mass is 15.1. The van der Waals surface area contributed by atoms with Crippen molar-refractivity contribution >= 4 is 22.7 Å². The number of rotatable bonds is 6. The summed E-state index contributed by atoms with van der Waals surface area (Å²) in [7, 11) is 0. The van der Waals surface area contributed by atoms with Gasteiger partial charge in [-0.1, -0.05) is 24.3 Å². The maximum atomic E-state index is 8.84. The molecule has 4 rings (SSSR count). The molecule has 7 nitrogen and oxygen atoms in total. The summed E-state index contributed by atoms with van der Waals surface area (Å²) >= 11 is 0. The van der Waals surface area contributed by atoms with Gasteiger partial charge in [-0.15, -0.1) is 0 Å². The topological polar surface area (TPSA) is 99.4 Å². The molecule has 29 heavy (non-hydrogen) atoms. The van der Waals surface area contributed by atoms with Crippen molar-refractivity contribution < 1.29 is 0 Å². The number of hydrogen-bond donors (Lipinski definition) is 2. The van der Waals surface area contributed by atoms with Gasteiger partial charge in [-0.2, -0.15) is 5.26 Å². The van der Waals surface area contributed by atoms with Crippen LogP contribution in [0.2, 0.25) is 0 Å². The molecule has 1 aromatic carbocycles. The zero-order chi connectivity index (χ0) is 20.1. The monoisotopic (exact) mass is 381 g/mol. The van der Waals surface area contributed by atoms with E-state index in [1.54, 1.807) is 24.5 Å². The second-order valence-electron chi connectivity index (χ2n) is 6.48. The summed E-state index contributed by atoms with van der Waals surface area (Å²) in [5.74, 6) is 2.09. The molecule has 0 saturated carbocycles. The first-order valence-electron chi connectivity index (χ1n) is 9.27. The molecule has 0 fully saturated rings. The number of aromatic nitrogens is 4. The Morgan fingerprint density at radius 2 is 1.79 bits per heavy atom. The van der Waals surface area contributed by atoms with Crippen LogP contribution in [0.1, 0.15) is 11.1 Å². The van der Waals surface area contributed by atoms with Gasteiger partial charge in [-0.3, -0.25) is 4.98 Å². The predicted octanol–water partition coefficient (Wildman–Crippen LogP) is 3.79. The Balaban J connectivity index is 1.53. The van der Waals surface area contributed by atoms with Crippen LogP contribution < -0.4 is 10.6 Å². The highest BCUT2D eigenvalue weighted by Gasteiger charge is 2.11. The van der Waals surface area contributed by atoms with Gasteiger partial charge in [0.15, 0.2) is 11.6 Å². The highest BCUT2D eigenvalue weighted by Crippen LogP contribution is 2.25. The van der Waals surface area contributed by atoms with E-state index in [-0.39, 0.29) is 0 Å². The van der Waals surface area contributed by atoms with Crippen LogP contribution in [-0.2, 0) is 0 Å². The molecular weight excluding hydrogens is 362 g/mol. The summed E-state index contributed by atoms with van der Waals surface area (Å²) in [6.45, 7) is 3.31. The quantitative estimate of drug-likeness (QED) is 0.490. The Kier molecular flexibility index (Phi) is 5.25. The third kappa shape index (κ3) is 4.12. The van der Waals surface area contributed by atoms with Crippen LogP contribution in [0.4, 0.5) is 11.6 Å². The van der Waals surface area contributed by atoms with Crippen LogP contribution in [-0.4, -0.2) is 33.0 Å². The maximum absolute atomic E-state index is 8.84. The van der Waals surface area contributed by atoms with Crippen molar-refractivity contribution in [3.05, 3.63) is 72.1 Å². The van der Waals surface area contributed by atoms with Gasteiger partial charge in [0.2, 0.25) is 0 Å². The normalized spacial score (nSPS) is 10.5. The number of benzene rings is 1. The summed E-state index contributed by atoms with van der Waals surface area (Å²) < 4.78 is 0. The number of nitrogens with zero attached hydrogens (tertiary/aromatic N) is 5. The van der Waals surface area contributed by atoms with E-state index >= 15 is 0 Å². The van der Waals surface area contributed by atoms with Crippen LogP contribution in [0.15, 0.2) is 60.9 Å². The fourth-order valence-corrected chi connectivity index (χ4v) is 2.97. The highest BCUT2D eigenvalue weighted by molar-refractivity contribution is 5.87. The van der Waals surface area contributed by atoms with E-state index in [1.807, 2.05) is 43.3 Å². The molecule has 0 bridgehead atoms. The van der Waals surface area contributed by atoms with Crippen LogP contribution in [0.5, 0.6) is 0 Å². The lowest BCUT2D eigenvalue weighted by Crippen LogP contribution is -2.15. The largest absolute Gasteiger partial charge is 0.368 e. The second kappa shape index (κ2) is 8.31. The summed E-state index contributed by atoms with van der Waals surface area (Å²) in [5.41, 5.74) is 4.19. The van der Waals surface area contributed by atoms with Gasteiger partial charge in [0.25, 0.3) is 0 Å². The average Bonchev–Trinajstić information content (AvgIpc) is 2.77. The minimum Gasteiger partial charge on any atom is -0.368 e. The summed E-state index contributed by atoms with van der Waals surface area (Å²) in [6, 6.07) is 17.5. The number of hydrogen-bond acceptors (Lipinski definition) is 7. The molecule has 0 unspecified atom stereocenters. The molecule has 0 saturated heterocycles. The minimum atomic E-state index is 0.538. The summed E-state index contributed by atoms with van der Waals surface area (Å²) in [6.07, 6.45) is 3.29. The molecular formula is C22H19N7. The van der Waals surface area contributed by atoms with Gasteiger partial charge in [-0.05, 0) is 36.8 Å². The van der Waals surface area contributed by atoms with Crippen molar-refractivity contribution in [1.82, 2.24) is 19.9 Å². The molecule has 4 aromatic rings. The fraction of sp³-hybridized carbons (Fsp3) is 0.136. The molecule has 0 radical (unpaired) electrons. The first kappa shape index (κ1) is 18.3. The average molecular weight is 381 g/mol. The van der Waals surface area contributed by atoms with Crippen molar-refractivity contribution in [3.8, 4) is 17.5 Å². The number of nitrogens with one attached hydrogen (secondary N) is 2. The van der Waals surface area contributed by atoms with Crippen molar-refractivity contribution in [3.63, 3.8) is 0 Å². The van der Waals surface area contributed by atoms with E-state index in [4.69, 9.17) is 15.2 Å². The number of nitriles is 1. The van der Waals surface area contributed by atoms with Gasteiger partial charge in [0.1, 0.15) is 17.4 Å². The Labute approximate surface area is 168 Å². The van der Waals surface area contributed by atoms with Gasteiger partial charge >= 0.3 is 0 Å². The van der Waals surface area contributed by atoms with E-state index in [2.05, 4.69) is 26.7 Å². The molecule has 0 atom stereocenters. The van der Waals surface area contributed by atoms with E-state index < -0.39 is 0 Å². The Hall–Kier alpha value is -4.05. The number of aryl methyl sites for hydroxylation is 1. The Morgan fingerprint density at radius 3 is 2.59 bits per heavy atom. The van der Waals surface area contributed by atoms with Crippen molar-refractivity contribution in [2.75, 3.05) is 23.7 Å². The number of fused-ring (bicyclic) bond motifs is 1. The van der Waals surface area contributed by atoms with Gasteiger partial charge in [-0.25, -0.2) is 15.0 Å². The van der Waals surface area contributed by atoms with Crippen LogP contribution in [0.25, 0.3) is 22.4 Å². The zero-order valence-electron chi connectivity index (χ0n) is 15.9. The van der Waals surface area contributed by atoms with Crippen LogP contribution in [0, 0.1) is 18.3 Å². The van der Waals surface area contributed by atoms with Crippen LogP contribution >= 0.6 is 0 Å². The third-order valence-corrected chi connectivity index (χ3v) is 4.46. The molecule has 2 N–H and O–H groups in total. The number of pyridine rings is 2. The zero-order valence-corrected chi connectivity index (χ0v) is 15.9. The maximum Gasteiger partial charge on any atom is 0.162 e. The van der Waals surface area contributed by atoms with E-state index in [0.717, 1.165) is 28.0 Å². The Morgan fingerprint density at radius 1 is 0.931 bits per heavy atom. The van der Waals surface area contributed by atoms with Gasteiger partial charge in [0, 0.05) is 31.0 Å². The van der Waals surface area contributed by atoms with E-state index in [0.29, 0.717) is 30.3 Å². The predicted molar refractivity (Wildman–Crippen MR) is 113 cm³/mol. The first-order chi connectivity index (χ1) is 14.2. The first-order valence-corrected chi connectivity index (χ1v) is 9.27. The lowest BCUT2D eigenvalue weighted by atomic mass is 10.1. The van der Waals surface area contributed by atoms with Crippen molar-refractivity contribution in [2.24, 2.45) is 0 Å². The number of anilines is 2. The molecule has 0 aliphatic rings. The molecule has 7 heteroatoms. The minimum absolute atomic E-state index is 0.538. The summed E-state index contributed by atoms with van der Waals surface area (Å²) in [5, 5.41) is 15.4. The smallest absolute Gasteiger partial charge is 0.162 e. The summed E-state index contributed by atoms with van der Waals surface area (Å²) in [4.78, 5) is 18.1. The SMILES string of the molecule is Cc1ccccc1-c1nc(NCCNc2ccc(C#N)cn2)c2ncccc2n1. The molecule has 0 amide bonds. The van der Waals surface area contributed by atoms with E-state index in [1.165, 1.54) is 0 Å². The third-order valence-electron chi connectivity index (χ3n) is 4.46. The Bertz CT molecular complexity index is 1180. The fourth-order valence-electron chi connectivity index (χ4n) is 2.97. The molecule has 0 spiro atoms. The molecule has 142 valence electrons. The lowest BCUT2D eigenvalue weighted by molar-refractivity contribution is 1.04. The molecule has 0 aliphatic carbocycles. The molecule has 3 heterocycles. The second-order valence-corrected chi connectivity index (χ2v) is 6.48. The molecule has 0 aliphatic heterocycles. The van der Waals surface area contributed by atoms with Crippen LogP contribution in [0.3, 0.4) is 0 Å². The van der Waals surface area contributed by atoms with Crippen molar-refractivity contribution in [1.29, 1.82) is 5.26 Å². The standard InChI is InChI=1S/C22H19N7/c1-15-5-2-3-6-17(15)21-28-18-7-4-10-25-20(18)22(29-21)26-12-11-24-19-9-8-16(13-23)14-27-19/h2-10,14H,11-12H2,1H3,(H,24,27)(H,26,28,29). The van der Waals surface area contributed by atoms with E-state index in [9.17, 15) is 0 Å². The lowest BCUT2D eigenvalue weighted by Gasteiger charge is -2.12.